The van der Waals surface area contributed by atoms with Crippen LogP contribution in [0.5, 0.6) is 0 Å². The molecule has 1 saturated carbocycles. The fraction of sp³-hybridized carbons (Fsp3) is 0.923. The van der Waals surface area contributed by atoms with E-state index in [9.17, 15) is 9.90 Å². The first-order chi connectivity index (χ1) is 8.20. The van der Waals surface area contributed by atoms with Crippen molar-refractivity contribution in [1.82, 2.24) is 4.90 Å². The van der Waals surface area contributed by atoms with E-state index in [4.69, 9.17) is 4.74 Å². The van der Waals surface area contributed by atoms with Crippen molar-refractivity contribution < 1.29 is 14.6 Å². The molecule has 4 nitrogen and oxygen atoms in total. The number of morpholine rings is 1. The molecule has 17 heavy (non-hydrogen) atoms. The second-order valence-electron chi connectivity index (χ2n) is 5.29. The van der Waals surface area contributed by atoms with Gasteiger partial charge in [-0.2, -0.15) is 0 Å². The van der Waals surface area contributed by atoms with Crippen LogP contribution < -0.4 is 0 Å². The van der Waals surface area contributed by atoms with Crippen molar-refractivity contribution in [3.63, 3.8) is 0 Å². The minimum absolute atomic E-state index is 0.0434. The van der Waals surface area contributed by atoms with E-state index in [1.807, 2.05) is 6.92 Å². The lowest BCUT2D eigenvalue weighted by molar-refractivity contribution is -0.134. The first-order valence-corrected chi connectivity index (χ1v) is 6.73. The maximum absolute atomic E-state index is 12.1. The molecule has 0 spiro atoms. The summed E-state index contributed by atoms with van der Waals surface area (Å²) in [6.07, 6.45) is 5.03. The predicted octanol–water partition coefficient (Wildman–Crippen LogP) is 0.970. The number of nitrogens with zero attached hydrogens (tertiary/aromatic N) is 1. The minimum Gasteiger partial charge on any atom is -0.394 e. The van der Waals surface area contributed by atoms with Gasteiger partial charge in [0, 0.05) is 19.5 Å². The third-order valence-electron chi connectivity index (χ3n) is 3.77. The summed E-state index contributed by atoms with van der Waals surface area (Å²) in [6.45, 7) is 3.56. The highest BCUT2D eigenvalue weighted by Gasteiger charge is 2.33. The summed E-state index contributed by atoms with van der Waals surface area (Å²) >= 11 is 0. The summed E-state index contributed by atoms with van der Waals surface area (Å²) in [7, 11) is 0. The second kappa shape index (κ2) is 5.94. The van der Waals surface area contributed by atoms with Gasteiger partial charge in [-0.05, 0) is 19.8 Å². The number of ketones is 1. The van der Waals surface area contributed by atoms with Crippen LogP contribution in [0.4, 0.5) is 0 Å². The van der Waals surface area contributed by atoms with Crippen molar-refractivity contribution in [3.8, 4) is 0 Å². The van der Waals surface area contributed by atoms with Crippen LogP contribution in [0.2, 0.25) is 0 Å². The fourth-order valence-corrected chi connectivity index (χ4v) is 2.96. The Bertz CT molecular complexity index is 269. The second-order valence-corrected chi connectivity index (χ2v) is 5.29. The summed E-state index contributed by atoms with van der Waals surface area (Å²) in [5, 5.41) is 9.21. The van der Waals surface area contributed by atoms with Crippen molar-refractivity contribution in [2.75, 3.05) is 19.7 Å². The molecule has 1 saturated heterocycles. The molecule has 0 radical (unpaired) electrons. The van der Waals surface area contributed by atoms with Crippen LogP contribution in [0.15, 0.2) is 0 Å². The number of carbonyl (C=O) groups is 1. The lowest BCUT2D eigenvalue weighted by Gasteiger charge is -2.39. The molecule has 0 aromatic rings. The maximum atomic E-state index is 12.1. The molecule has 1 heterocycles. The molecule has 0 aromatic heterocycles. The van der Waals surface area contributed by atoms with E-state index < -0.39 is 0 Å². The van der Waals surface area contributed by atoms with E-state index >= 15 is 0 Å². The number of hydrogen-bond donors (Lipinski definition) is 1. The molecule has 2 aliphatic rings. The summed E-state index contributed by atoms with van der Waals surface area (Å²) in [5.41, 5.74) is 0. The predicted molar refractivity (Wildman–Crippen MR) is 64.9 cm³/mol. The van der Waals surface area contributed by atoms with Gasteiger partial charge in [-0.25, -0.2) is 0 Å². The summed E-state index contributed by atoms with van der Waals surface area (Å²) in [4.78, 5) is 14.3. The molecule has 1 aliphatic carbocycles. The Labute approximate surface area is 103 Å². The molecule has 2 fully saturated rings. The normalized spacial score (nSPS) is 36.8. The highest BCUT2D eigenvalue weighted by molar-refractivity contribution is 5.84. The maximum Gasteiger partial charge on any atom is 0.149 e. The highest BCUT2D eigenvalue weighted by atomic mass is 16.5. The Morgan fingerprint density at radius 2 is 2.18 bits per heavy atom. The smallest absolute Gasteiger partial charge is 0.149 e. The van der Waals surface area contributed by atoms with Crippen LogP contribution in [0.25, 0.3) is 0 Å². The van der Waals surface area contributed by atoms with E-state index in [0.29, 0.717) is 12.3 Å². The highest BCUT2D eigenvalue weighted by Crippen LogP contribution is 2.22. The minimum atomic E-state index is -0.130. The lowest BCUT2D eigenvalue weighted by atomic mass is 10.0. The molecule has 1 N–H and O–H groups in total. The summed E-state index contributed by atoms with van der Waals surface area (Å²) in [6, 6.07) is 0.0675. The van der Waals surface area contributed by atoms with Gasteiger partial charge in [0.05, 0.1) is 24.9 Å². The number of carbonyl (C=O) groups excluding carboxylic acids is 1. The molecule has 3 unspecified atom stereocenters. The zero-order chi connectivity index (χ0) is 12.3. The Kier molecular flexibility index (Phi) is 4.54. The van der Waals surface area contributed by atoms with Crippen molar-refractivity contribution >= 4 is 5.78 Å². The third kappa shape index (κ3) is 3.27. The SMILES string of the molecule is CC1CN(C2CCCCCC2=O)CC(CO)O1. The number of hydrogen-bond acceptors (Lipinski definition) is 4. The van der Waals surface area contributed by atoms with E-state index in [1.54, 1.807) is 0 Å². The van der Waals surface area contributed by atoms with Crippen LogP contribution in [-0.2, 0) is 9.53 Å². The fourth-order valence-electron chi connectivity index (χ4n) is 2.96. The molecule has 0 aromatic carbocycles. The summed E-state index contributed by atoms with van der Waals surface area (Å²) < 4.78 is 5.62. The van der Waals surface area contributed by atoms with Gasteiger partial charge >= 0.3 is 0 Å². The van der Waals surface area contributed by atoms with Gasteiger partial charge in [0.1, 0.15) is 5.78 Å². The zero-order valence-electron chi connectivity index (χ0n) is 10.6. The molecule has 98 valence electrons. The lowest BCUT2D eigenvalue weighted by Crippen LogP contribution is -2.54. The van der Waals surface area contributed by atoms with Crippen molar-refractivity contribution in [3.05, 3.63) is 0 Å². The van der Waals surface area contributed by atoms with Gasteiger partial charge in [0.2, 0.25) is 0 Å². The topological polar surface area (TPSA) is 49.8 Å². The van der Waals surface area contributed by atoms with Crippen LogP contribution in [0, 0.1) is 0 Å². The van der Waals surface area contributed by atoms with Crippen LogP contribution in [-0.4, -0.2) is 53.7 Å². The standard InChI is InChI=1S/C13H23NO3/c1-10-7-14(8-11(9-15)17-10)12-5-3-2-4-6-13(12)16/h10-12,15H,2-9H2,1H3. The molecule has 3 atom stereocenters. The van der Waals surface area contributed by atoms with E-state index in [1.165, 1.54) is 6.42 Å². The first-order valence-electron chi connectivity index (χ1n) is 6.73. The van der Waals surface area contributed by atoms with E-state index in [2.05, 4.69) is 4.90 Å². The molecule has 0 bridgehead atoms. The van der Waals surface area contributed by atoms with Gasteiger partial charge in [-0.15, -0.1) is 0 Å². The Morgan fingerprint density at radius 3 is 2.94 bits per heavy atom. The molecule has 4 heteroatoms. The number of aliphatic hydroxyl groups excluding tert-OH is 1. The van der Waals surface area contributed by atoms with E-state index in [0.717, 1.165) is 32.2 Å². The van der Waals surface area contributed by atoms with Gasteiger partial charge in [-0.1, -0.05) is 12.8 Å². The van der Waals surface area contributed by atoms with Crippen LogP contribution in [0.1, 0.15) is 39.0 Å². The molecular weight excluding hydrogens is 218 g/mol. The average Bonchev–Trinajstić information content (AvgIpc) is 2.53. The first kappa shape index (κ1) is 13.0. The molecular formula is C13H23NO3. The van der Waals surface area contributed by atoms with Crippen molar-refractivity contribution in [2.45, 2.75) is 57.3 Å². The summed E-state index contributed by atoms with van der Waals surface area (Å²) in [5.74, 6) is 0.383. The van der Waals surface area contributed by atoms with Gasteiger partial charge in [0.15, 0.2) is 0 Å². The largest absolute Gasteiger partial charge is 0.394 e. The number of rotatable bonds is 2. The van der Waals surface area contributed by atoms with E-state index in [-0.39, 0.29) is 24.9 Å². The Hall–Kier alpha value is -0.450. The number of ether oxygens (including phenoxy) is 1. The third-order valence-corrected chi connectivity index (χ3v) is 3.77. The molecule has 2 rings (SSSR count). The molecule has 0 amide bonds. The van der Waals surface area contributed by atoms with Gasteiger partial charge in [0.25, 0.3) is 0 Å². The Balaban J connectivity index is 2.01. The quantitative estimate of drug-likeness (QED) is 0.732. The van der Waals surface area contributed by atoms with Crippen LogP contribution in [0.3, 0.4) is 0 Å². The monoisotopic (exact) mass is 241 g/mol. The van der Waals surface area contributed by atoms with Crippen molar-refractivity contribution in [1.29, 1.82) is 0 Å². The average molecular weight is 241 g/mol. The zero-order valence-corrected chi connectivity index (χ0v) is 10.6. The van der Waals surface area contributed by atoms with Crippen molar-refractivity contribution in [2.24, 2.45) is 0 Å². The number of aliphatic hydroxyl groups is 1. The number of Topliss-reactive ketones (excluding diaryl/α,β-unsaturated/α-hetero) is 1. The van der Waals surface area contributed by atoms with Gasteiger partial charge in [-0.3, -0.25) is 9.69 Å². The van der Waals surface area contributed by atoms with Gasteiger partial charge < -0.3 is 9.84 Å². The Morgan fingerprint density at radius 1 is 1.35 bits per heavy atom. The van der Waals surface area contributed by atoms with Crippen LogP contribution >= 0.6 is 0 Å². The molecule has 1 aliphatic heterocycles.